The molecular formula is C6H6N4. The molecule has 1 heterocycles. The molecule has 10 heavy (non-hydrogen) atoms. The summed E-state index contributed by atoms with van der Waals surface area (Å²) in [5.74, 6) is 0.666. The molecule has 1 rings (SSSR count). The Balaban J connectivity index is 2.93. The van der Waals surface area contributed by atoms with E-state index in [-0.39, 0.29) is 0 Å². The molecule has 0 saturated carbocycles. The maximum Gasteiger partial charge on any atom is 0.163 e. The van der Waals surface area contributed by atoms with Gasteiger partial charge >= 0.3 is 0 Å². The number of nitrogens with zero attached hydrogens (tertiary/aromatic N) is 3. The van der Waals surface area contributed by atoms with Crippen molar-refractivity contribution in [2.75, 3.05) is 12.4 Å². The second kappa shape index (κ2) is 2.78. The summed E-state index contributed by atoms with van der Waals surface area (Å²) >= 11 is 0. The van der Waals surface area contributed by atoms with E-state index in [0.717, 1.165) is 0 Å². The van der Waals surface area contributed by atoms with Crippen LogP contribution in [0.1, 0.15) is 5.69 Å². The topological polar surface area (TPSA) is 61.6 Å². The Hall–Kier alpha value is -1.63. The third-order valence-corrected chi connectivity index (χ3v) is 1.04. The number of rotatable bonds is 1. The third-order valence-electron chi connectivity index (χ3n) is 1.04. The number of hydrogen-bond acceptors (Lipinski definition) is 4. The summed E-state index contributed by atoms with van der Waals surface area (Å²) in [6, 6.07) is 5.19. The monoisotopic (exact) mass is 134 g/mol. The van der Waals surface area contributed by atoms with E-state index in [0.29, 0.717) is 11.5 Å². The Morgan fingerprint density at radius 2 is 2.30 bits per heavy atom. The minimum atomic E-state index is 0.332. The molecule has 1 aromatic rings. The van der Waals surface area contributed by atoms with Crippen LogP contribution < -0.4 is 5.32 Å². The molecule has 4 heteroatoms. The summed E-state index contributed by atoms with van der Waals surface area (Å²) in [5, 5.41) is 18.4. The Morgan fingerprint density at radius 1 is 1.50 bits per heavy atom. The van der Waals surface area contributed by atoms with E-state index in [1.165, 1.54) is 0 Å². The fraction of sp³-hybridized carbons (Fsp3) is 0.167. The smallest absolute Gasteiger partial charge is 0.163 e. The average Bonchev–Trinajstić information content (AvgIpc) is 2.05. The van der Waals surface area contributed by atoms with Crippen molar-refractivity contribution in [1.29, 1.82) is 5.26 Å². The van der Waals surface area contributed by atoms with E-state index in [9.17, 15) is 0 Å². The SMILES string of the molecule is CNc1ccc(C#N)nn1. The molecule has 0 saturated heterocycles. The fourth-order valence-corrected chi connectivity index (χ4v) is 0.525. The lowest BCUT2D eigenvalue weighted by atomic mass is 10.4. The number of anilines is 1. The molecular weight excluding hydrogens is 128 g/mol. The van der Waals surface area contributed by atoms with Crippen LogP contribution in [-0.4, -0.2) is 17.2 Å². The largest absolute Gasteiger partial charge is 0.372 e. The molecule has 0 aliphatic heterocycles. The van der Waals surface area contributed by atoms with Crippen LogP contribution in [0.4, 0.5) is 5.82 Å². The predicted molar refractivity (Wildman–Crippen MR) is 36.3 cm³/mol. The van der Waals surface area contributed by atoms with Crippen molar-refractivity contribution in [3.8, 4) is 6.07 Å². The lowest BCUT2D eigenvalue weighted by Gasteiger charge is -1.93. The highest BCUT2D eigenvalue weighted by molar-refractivity contribution is 5.34. The van der Waals surface area contributed by atoms with E-state index in [4.69, 9.17) is 5.26 Å². The molecule has 4 nitrogen and oxygen atoms in total. The van der Waals surface area contributed by atoms with Crippen molar-refractivity contribution in [2.24, 2.45) is 0 Å². The van der Waals surface area contributed by atoms with Crippen molar-refractivity contribution in [1.82, 2.24) is 10.2 Å². The molecule has 0 amide bonds. The van der Waals surface area contributed by atoms with Crippen LogP contribution in [0.5, 0.6) is 0 Å². The first-order chi connectivity index (χ1) is 4.86. The molecule has 0 fully saturated rings. The highest BCUT2D eigenvalue weighted by Gasteiger charge is 1.91. The van der Waals surface area contributed by atoms with Gasteiger partial charge in [0.15, 0.2) is 5.69 Å². The molecule has 0 spiro atoms. The molecule has 0 atom stereocenters. The summed E-state index contributed by atoms with van der Waals surface area (Å²) in [6.07, 6.45) is 0. The Labute approximate surface area is 58.5 Å². The van der Waals surface area contributed by atoms with E-state index in [1.807, 2.05) is 6.07 Å². The van der Waals surface area contributed by atoms with E-state index >= 15 is 0 Å². The molecule has 50 valence electrons. The van der Waals surface area contributed by atoms with Crippen molar-refractivity contribution in [3.05, 3.63) is 17.8 Å². The van der Waals surface area contributed by atoms with E-state index in [1.54, 1.807) is 19.2 Å². The molecule has 0 aliphatic carbocycles. The van der Waals surface area contributed by atoms with Crippen LogP contribution in [0.25, 0.3) is 0 Å². The van der Waals surface area contributed by atoms with Crippen molar-refractivity contribution in [3.63, 3.8) is 0 Å². The molecule has 0 aromatic carbocycles. The summed E-state index contributed by atoms with van der Waals surface area (Å²) in [5.41, 5.74) is 0.332. The standard InChI is InChI=1S/C6H6N4/c1-8-6-3-2-5(4-7)9-10-6/h2-3H,1H3,(H,8,10). The second-order valence-corrected chi connectivity index (χ2v) is 1.67. The maximum absolute atomic E-state index is 8.33. The molecule has 0 aliphatic rings. The summed E-state index contributed by atoms with van der Waals surface area (Å²) in [4.78, 5) is 0. The maximum atomic E-state index is 8.33. The zero-order chi connectivity index (χ0) is 7.40. The van der Waals surface area contributed by atoms with Gasteiger partial charge in [-0.05, 0) is 12.1 Å². The highest BCUT2D eigenvalue weighted by atomic mass is 15.2. The van der Waals surface area contributed by atoms with Crippen molar-refractivity contribution in [2.45, 2.75) is 0 Å². The summed E-state index contributed by atoms with van der Waals surface area (Å²) in [7, 11) is 1.75. The lowest BCUT2D eigenvalue weighted by molar-refractivity contribution is 1.01. The molecule has 0 radical (unpaired) electrons. The van der Waals surface area contributed by atoms with Crippen LogP contribution in [0, 0.1) is 11.3 Å². The first kappa shape index (κ1) is 6.49. The van der Waals surface area contributed by atoms with E-state index < -0.39 is 0 Å². The Bertz CT molecular complexity index is 245. The van der Waals surface area contributed by atoms with E-state index in [2.05, 4.69) is 15.5 Å². The van der Waals surface area contributed by atoms with Gasteiger partial charge in [-0.2, -0.15) is 5.26 Å². The van der Waals surface area contributed by atoms with Crippen LogP contribution >= 0.6 is 0 Å². The molecule has 0 unspecified atom stereocenters. The van der Waals surface area contributed by atoms with Crippen LogP contribution in [0.15, 0.2) is 12.1 Å². The third kappa shape index (κ3) is 1.20. The zero-order valence-corrected chi connectivity index (χ0v) is 5.50. The Morgan fingerprint density at radius 3 is 2.70 bits per heavy atom. The van der Waals surface area contributed by atoms with Gasteiger partial charge in [0, 0.05) is 7.05 Å². The van der Waals surface area contributed by atoms with Crippen LogP contribution in [0.3, 0.4) is 0 Å². The molecule has 1 N–H and O–H groups in total. The highest BCUT2D eigenvalue weighted by Crippen LogP contribution is 1.97. The molecule has 0 bridgehead atoms. The minimum absolute atomic E-state index is 0.332. The predicted octanol–water partition coefficient (Wildman–Crippen LogP) is 0.390. The average molecular weight is 134 g/mol. The van der Waals surface area contributed by atoms with Crippen LogP contribution in [0.2, 0.25) is 0 Å². The quantitative estimate of drug-likeness (QED) is 0.603. The van der Waals surface area contributed by atoms with Gasteiger partial charge < -0.3 is 5.32 Å². The van der Waals surface area contributed by atoms with Crippen molar-refractivity contribution < 1.29 is 0 Å². The summed E-state index contributed by atoms with van der Waals surface area (Å²) in [6.45, 7) is 0. The zero-order valence-electron chi connectivity index (χ0n) is 5.50. The van der Waals surface area contributed by atoms with Gasteiger partial charge in [-0.1, -0.05) is 0 Å². The molecule has 1 aromatic heterocycles. The fourth-order valence-electron chi connectivity index (χ4n) is 0.525. The van der Waals surface area contributed by atoms with Gasteiger partial charge in [0.2, 0.25) is 0 Å². The van der Waals surface area contributed by atoms with Gasteiger partial charge in [-0.15, -0.1) is 10.2 Å². The van der Waals surface area contributed by atoms with Gasteiger partial charge in [0.05, 0.1) is 0 Å². The van der Waals surface area contributed by atoms with Gasteiger partial charge in [0.25, 0.3) is 0 Å². The number of nitriles is 1. The summed E-state index contributed by atoms with van der Waals surface area (Å²) < 4.78 is 0. The van der Waals surface area contributed by atoms with Crippen molar-refractivity contribution >= 4 is 5.82 Å². The van der Waals surface area contributed by atoms with Gasteiger partial charge in [-0.3, -0.25) is 0 Å². The first-order valence-electron chi connectivity index (χ1n) is 2.78. The lowest BCUT2D eigenvalue weighted by Crippen LogP contribution is -1.94. The van der Waals surface area contributed by atoms with Gasteiger partial charge in [-0.25, -0.2) is 0 Å². The first-order valence-corrected chi connectivity index (χ1v) is 2.78. The van der Waals surface area contributed by atoms with Gasteiger partial charge in [0.1, 0.15) is 11.9 Å². The number of hydrogen-bond donors (Lipinski definition) is 1. The minimum Gasteiger partial charge on any atom is -0.372 e. The number of nitrogens with one attached hydrogen (secondary N) is 1. The second-order valence-electron chi connectivity index (χ2n) is 1.67. The Kier molecular flexibility index (Phi) is 1.80. The normalized spacial score (nSPS) is 8.40. The van der Waals surface area contributed by atoms with Crippen LogP contribution in [-0.2, 0) is 0 Å². The number of aromatic nitrogens is 2.